The number of nitrogens with two attached hydrogens (primary N) is 1. The Morgan fingerprint density at radius 3 is 2.60 bits per heavy atom. The summed E-state index contributed by atoms with van der Waals surface area (Å²) in [6, 6.07) is 11.3. The summed E-state index contributed by atoms with van der Waals surface area (Å²) in [5, 5.41) is 0. The molecule has 3 heteroatoms. The summed E-state index contributed by atoms with van der Waals surface area (Å²) in [4.78, 5) is 11.0. The van der Waals surface area contributed by atoms with Gasteiger partial charge in [-0.15, -0.1) is 0 Å². The van der Waals surface area contributed by atoms with Crippen LogP contribution in [0.25, 0.3) is 0 Å². The molecule has 0 saturated heterocycles. The second-order valence-corrected chi connectivity index (χ2v) is 3.42. The van der Waals surface area contributed by atoms with Gasteiger partial charge in [0.2, 0.25) is 5.91 Å². The highest BCUT2D eigenvalue weighted by Gasteiger charge is 2.01. The third kappa shape index (κ3) is 2.26. The maximum Gasteiger partial charge on any atom is 0.248 e. The van der Waals surface area contributed by atoms with Gasteiger partial charge in [-0.25, -0.2) is 0 Å². The Bertz CT molecular complexity index is 460. The highest BCUT2D eigenvalue weighted by molar-refractivity contribution is 5.92. The first-order valence-corrected chi connectivity index (χ1v) is 4.75. The Labute approximate surface area is 88.1 Å². The van der Waals surface area contributed by atoms with E-state index < -0.39 is 0 Å². The molecule has 0 saturated carbocycles. The van der Waals surface area contributed by atoms with Crippen molar-refractivity contribution in [3.63, 3.8) is 0 Å². The highest BCUT2D eigenvalue weighted by atomic mass is 16.1. The maximum absolute atomic E-state index is 11.0. The van der Waals surface area contributed by atoms with Gasteiger partial charge in [0.05, 0.1) is 0 Å². The summed E-state index contributed by atoms with van der Waals surface area (Å²) < 4.78 is 2.04. The van der Waals surface area contributed by atoms with Gasteiger partial charge in [-0.05, 0) is 29.8 Å². The SMILES string of the molecule is NC(=O)c1cccc(Cn2cccc2)c1. The number of amides is 1. The van der Waals surface area contributed by atoms with Crippen LogP contribution in [-0.4, -0.2) is 10.5 Å². The van der Waals surface area contributed by atoms with E-state index in [1.165, 1.54) is 0 Å². The van der Waals surface area contributed by atoms with Crippen molar-refractivity contribution >= 4 is 5.91 Å². The molecular weight excluding hydrogens is 188 g/mol. The molecule has 0 radical (unpaired) electrons. The Morgan fingerprint density at radius 2 is 1.93 bits per heavy atom. The molecule has 1 heterocycles. The fourth-order valence-electron chi connectivity index (χ4n) is 1.51. The number of carbonyl (C=O) groups excluding carboxylic acids is 1. The van der Waals surface area contributed by atoms with Crippen molar-refractivity contribution in [1.82, 2.24) is 4.57 Å². The monoisotopic (exact) mass is 200 g/mol. The van der Waals surface area contributed by atoms with Crippen molar-refractivity contribution in [3.05, 3.63) is 59.9 Å². The number of nitrogens with zero attached hydrogens (tertiary/aromatic N) is 1. The van der Waals surface area contributed by atoms with Crippen molar-refractivity contribution in [1.29, 1.82) is 0 Å². The van der Waals surface area contributed by atoms with Crippen LogP contribution >= 0.6 is 0 Å². The number of aromatic nitrogens is 1. The second-order valence-electron chi connectivity index (χ2n) is 3.42. The molecular formula is C12H12N2O. The van der Waals surface area contributed by atoms with E-state index in [2.05, 4.69) is 0 Å². The zero-order valence-corrected chi connectivity index (χ0v) is 8.26. The Balaban J connectivity index is 2.22. The topological polar surface area (TPSA) is 48.0 Å². The van der Waals surface area contributed by atoms with Gasteiger partial charge in [0.25, 0.3) is 0 Å². The number of hydrogen-bond donors (Lipinski definition) is 1. The van der Waals surface area contributed by atoms with E-state index in [1.54, 1.807) is 6.07 Å². The molecule has 0 unspecified atom stereocenters. The first-order chi connectivity index (χ1) is 7.25. The third-order valence-corrected chi connectivity index (χ3v) is 2.24. The molecule has 3 nitrogen and oxygen atoms in total. The van der Waals surface area contributed by atoms with Crippen molar-refractivity contribution in [3.8, 4) is 0 Å². The smallest absolute Gasteiger partial charge is 0.248 e. The van der Waals surface area contributed by atoms with Gasteiger partial charge < -0.3 is 10.3 Å². The van der Waals surface area contributed by atoms with E-state index >= 15 is 0 Å². The normalized spacial score (nSPS) is 10.1. The molecule has 0 bridgehead atoms. The average molecular weight is 200 g/mol. The van der Waals surface area contributed by atoms with E-state index in [4.69, 9.17) is 5.73 Å². The lowest BCUT2D eigenvalue weighted by Gasteiger charge is -2.04. The van der Waals surface area contributed by atoms with Crippen LogP contribution in [0.3, 0.4) is 0 Å². The molecule has 0 fully saturated rings. The standard InChI is InChI=1S/C12H12N2O/c13-12(15)11-5-3-4-10(8-11)9-14-6-1-2-7-14/h1-8H,9H2,(H2,13,15). The van der Waals surface area contributed by atoms with E-state index in [0.29, 0.717) is 5.56 Å². The zero-order chi connectivity index (χ0) is 10.7. The lowest BCUT2D eigenvalue weighted by molar-refractivity contribution is 0.1000. The van der Waals surface area contributed by atoms with Crippen LogP contribution in [0.5, 0.6) is 0 Å². The van der Waals surface area contributed by atoms with Crippen LogP contribution in [0.4, 0.5) is 0 Å². The van der Waals surface area contributed by atoms with E-state index in [1.807, 2.05) is 47.3 Å². The summed E-state index contributed by atoms with van der Waals surface area (Å²) in [6.07, 6.45) is 3.97. The largest absolute Gasteiger partial charge is 0.366 e. The number of benzene rings is 1. The van der Waals surface area contributed by atoms with Crippen LogP contribution < -0.4 is 5.73 Å². The molecule has 1 amide bonds. The molecule has 2 N–H and O–H groups in total. The Hall–Kier alpha value is -2.03. The van der Waals surface area contributed by atoms with Gasteiger partial charge in [-0.1, -0.05) is 12.1 Å². The molecule has 1 aromatic heterocycles. The van der Waals surface area contributed by atoms with E-state index in [0.717, 1.165) is 12.1 Å². The quantitative estimate of drug-likeness (QED) is 0.804. The number of rotatable bonds is 3. The lowest BCUT2D eigenvalue weighted by Crippen LogP contribution is -2.11. The summed E-state index contributed by atoms with van der Waals surface area (Å²) in [5.74, 6) is -0.385. The molecule has 0 aliphatic carbocycles. The molecule has 0 spiro atoms. The summed E-state index contributed by atoms with van der Waals surface area (Å²) in [7, 11) is 0. The maximum atomic E-state index is 11.0. The van der Waals surface area contributed by atoms with Crippen LogP contribution in [-0.2, 0) is 6.54 Å². The van der Waals surface area contributed by atoms with Gasteiger partial charge in [0, 0.05) is 24.5 Å². The Morgan fingerprint density at radius 1 is 1.20 bits per heavy atom. The molecule has 0 aliphatic rings. The summed E-state index contributed by atoms with van der Waals surface area (Å²) in [6.45, 7) is 0.758. The first-order valence-electron chi connectivity index (χ1n) is 4.75. The molecule has 76 valence electrons. The van der Waals surface area contributed by atoms with Crippen molar-refractivity contribution in [2.75, 3.05) is 0 Å². The van der Waals surface area contributed by atoms with Gasteiger partial charge in [-0.3, -0.25) is 4.79 Å². The highest BCUT2D eigenvalue weighted by Crippen LogP contribution is 2.07. The summed E-state index contributed by atoms with van der Waals surface area (Å²) in [5.41, 5.74) is 6.84. The molecule has 15 heavy (non-hydrogen) atoms. The fraction of sp³-hybridized carbons (Fsp3) is 0.0833. The minimum Gasteiger partial charge on any atom is -0.366 e. The molecule has 0 atom stereocenters. The van der Waals surface area contributed by atoms with Gasteiger partial charge in [-0.2, -0.15) is 0 Å². The summed E-state index contributed by atoms with van der Waals surface area (Å²) >= 11 is 0. The van der Waals surface area contributed by atoms with Gasteiger partial charge in [0.1, 0.15) is 0 Å². The third-order valence-electron chi connectivity index (χ3n) is 2.24. The fourth-order valence-corrected chi connectivity index (χ4v) is 1.51. The van der Waals surface area contributed by atoms with Crippen LogP contribution in [0.2, 0.25) is 0 Å². The minimum absolute atomic E-state index is 0.385. The van der Waals surface area contributed by atoms with Crippen molar-refractivity contribution in [2.24, 2.45) is 5.73 Å². The van der Waals surface area contributed by atoms with Crippen molar-refractivity contribution < 1.29 is 4.79 Å². The molecule has 0 aliphatic heterocycles. The van der Waals surface area contributed by atoms with E-state index in [9.17, 15) is 4.79 Å². The number of primary amides is 1. The van der Waals surface area contributed by atoms with Gasteiger partial charge in [0.15, 0.2) is 0 Å². The van der Waals surface area contributed by atoms with Crippen LogP contribution in [0.1, 0.15) is 15.9 Å². The minimum atomic E-state index is -0.385. The van der Waals surface area contributed by atoms with Crippen LogP contribution in [0.15, 0.2) is 48.8 Å². The van der Waals surface area contributed by atoms with Gasteiger partial charge >= 0.3 is 0 Å². The number of hydrogen-bond acceptors (Lipinski definition) is 1. The second kappa shape index (κ2) is 4.00. The molecule has 1 aromatic carbocycles. The molecule has 2 aromatic rings. The zero-order valence-electron chi connectivity index (χ0n) is 8.26. The first kappa shape index (κ1) is 9.52. The van der Waals surface area contributed by atoms with Crippen LogP contribution in [0, 0.1) is 0 Å². The predicted molar refractivity (Wildman–Crippen MR) is 58.5 cm³/mol. The predicted octanol–water partition coefficient (Wildman–Crippen LogP) is 1.64. The number of carbonyl (C=O) groups is 1. The average Bonchev–Trinajstić information content (AvgIpc) is 2.71. The Kier molecular flexibility index (Phi) is 2.54. The van der Waals surface area contributed by atoms with Crippen molar-refractivity contribution in [2.45, 2.75) is 6.54 Å². The van der Waals surface area contributed by atoms with E-state index in [-0.39, 0.29) is 5.91 Å². The molecule has 2 rings (SSSR count). The lowest BCUT2D eigenvalue weighted by atomic mass is 10.1.